The molecule has 1 N–H and O–H groups in total. The average molecular weight is 478 g/mol. The molecule has 2 aromatic carbocycles. The fourth-order valence-electron chi connectivity index (χ4n) is 3.14. The fraction of sp³-hybridized carbons (Fsp3) is 0.208. The minimum Gasteiger partial charge on any atom is -0.457 e. The Labute approximate surface area is 190 Å². The zero-order valence-corrected chi connectivity index (χ0v) is 19.5. The Hall–Kier alpha value is -3.19. The van der Waals surface area contributed by atoms with Crippen molar-refractivity contribution >= 4 is 44.9 Å². The molecule has 0 fully saturated rings. The zero-order chi connectivity index (χ0) is 22.0. The summed E-state index contributed by atoms with van der Waals surface area (Å²) in [4.78, 5) is 8.97. The van der Waals surface area contributed by atoms with Crippen LogP contribution in [0.5, 0.6) is 11.5 Å². The Bertz CT molecular complexity index is 1260. The van der Waals surface area contributed by atoms with E-state index >= 15 is 0 Å². The highest BCUT2D eigenvalue weighted by atomic mass is 79.9. The molecule has 6 nitrogen and oxygen atoms in total. The summed E-state index contributed by atoms with van der Waals surface area (Å²) in [6, 6.07) is 13.9. The number of aryl methyl sites for hydroxylation is 2. The normalized spacial score (nSPS) is 11.5. The van der Waals surface area contributed by atoms with Gasteiger partial charge in [-0.2, -0.15) is 5.10 Å². The van der Waals surface area contributed by atoms with E-state index in [0.29, 0.717) is 5.92 Å². The SMILES string of the molecule is Cc1ccc(Oc2ccc(Nc3ncnn4ccc(Br)c34)cc2C)cc1N=CC(C)C. The largest absolute Gasteiger partial charge is 0.457 e. The fourth-order valence-corrected chi connectivity index (χ4v) is 3.62. The molecule has 7 heteroatoms. The topological polar surface area (TPSA) is 63.8 Å². The van der Waals surface area contributed by atoms with Gasteiger partial charge in [0.05, 0.1) is 5.69 Å². The predicted octanol–water partition coefficient (Wildman–Crippen LogP) is 7.00. The molecule has 4 rings (SSSR count). The molecule has 31 heavy (non-hydrogen) atoms. The monoisotopic (exact) mass is 477 g/mol. The highest BCUT2D eigenvalue weighted by Gasteiger charge is 2.10. The van der Waals surface area contributed by atoms with E-state index < -0.39 is 0 Å². The van der Waals surface area contributed by atoms with Gasteiger partial charge in [0.2, 0.25) is 0 Å². The maximum absolute atomic E-state index is 6.15. The van der Waals surface area contributed by atoms with Gasteiger partial charge in [-0.3, -0.25) is 4.99 Å². The smallest absolute Gasteiger partial charge is 0.159 e. The number of halogens is 1. The average Bonchev–Trinajstić information content (AvgIpc) is 3.12. The number of hydrogen-bond acceptors (Lipinski definition) is 5. The summed E-state index contributed by atoms with van der Waals surface area (Å²) in [6.07, 6.45) is 5.36. The van der Waals surface area contributed by atoms with Gasteiger partial charge in [-0.15, -0.1) is 0 Å². The summed E-state index contributed by atoms with van der Waals surface area (Å²) in [5, 5.41) is 7.60. The molecule has 0 bridgehead atoms. The molecule has 0 aliphatic carbocycles. The third-order valence-electron chi connectivity index (χ3n) is 4.76. The van der Waals surface area contributed by atoms with E-state index in [1.165, 1.54) is 6.33 Å². The van der Waals surface area contributed by atoms with Crippen LogP contribution in [0.25, 0.3) is 5.52 Å². The lowest BCUT2D eigenvalue weighted by atomic mass is 10.1. The molecule has 0 saturated heterocycles. The quantitative estimate of drug-likeness (QED) is 0.303. The third-order valence-corrected chi connectivity index (χ3v) is 5.40. The third kappa shape index (κ3) is 4.77. The van der Waals surface area contributed by atoms with Crippen molar-refractivity contribution in [2.24, 2.45) is 10.9 Å². The van der Waals surface area contributed by atoms with Crippen molar-refractivity contribution in [3.05, 3.63) is 70.6 Å². The summed E-state index contributed by atoms with van der Waals surface area (Å²) in [7, 11) is 0. The van der Waals surface area contributed by atoms with Crippen molar-refractivity contribution in [2.75, 3.05) is 5.32 Å². The van der Waals surface area contributed by atoms with Crippen LogP contribution in [-0.4, -0.2) is 20.8 Å². The van der Waals surface area contributed by atoms with Gasteiger partial charge in [0, 0.05) is 28.6 Å². The van der Waals surface area contributed by atoms with E-state index in [9.17, 15) is 0 Å². The molecule has 0 atom stereocenters. The van der Waals surface area contributed by atoms with Crippen LogP contribution in [-0.2, 0) is 0 Å². The van der Waals surface area contributed by atoms with Crippen molar-refractivity contribution in [1.29, 1.82) is 0 Å². The molecule has 0 saturated carbocycles. The number of anilines is 2. The van der Waals surface area contributed by atoms with Crippen LogP contribution in [0.15, 0.2) is 64.5 Å². The maximum atomic E-state index is 6.15. The summed E-state index contributed by atoms with van der Waals surface area (Å²) < 4.78 is 8.87. The Balaban J connectivity index is 1.56. The summed E-state index contributed by atoms with van der Waals surface area (Å²) in [5.41, 5.74) is 4.86. The van der Waals surface area contributed by atoms with E-state index in [1.54, 1.807) is 4.52 Å². The minimum atomic E-state index is 0.398. The Morgan fingerprint density at radius 3 is 2.71 bits per heavy atom. The van der Waals surface area contributed by atoms with Crippen molar-refractivity contribution < 1.29 is 4.74 Å². The molecular formula is C24H24BrN5O. The van der Waals surface area contributed by atoms with E-state index in [4.69, 9.17) is 4.74 Å². The molecule has 0 amide bonds. The Morgan fingerprint density at radius 1 is 1.10 bits per heavy atom. The Kier molecular flexibility index (Phi) is 6.04. The lowest BCUT2D eigenvalue weighted by molar-refractivity contribution is 0.479. The molecule has 4 aromatic rings. The van der Waals surface area contributed by atoms with Gasteiger partial charge in [0.25, 0.3) is 0 Å². The molecule has 158 valence electrons. The number of fused-ring (bicyclic) bond motifs is 1. The lowest BCUT2D eigenvalue weighted by Crippen LogP contribution is -2.00. The number of nitrogens with zero attached hydrogens (tertiary/aromatic N) is 4. The zero-order valence-electron chi connectivity index (χ0n) is 17.9. The highest BCUT2D eigenvalue weighted by Crippen LogP contribution is 2.32. The number of aromatic nitrogens is 3. The molecular weight excluding hydrogens is 454 g/mol. The van der Waals surface area contributed by atoms with Gasteiger partial charge in [-0.1, -0.05) is 19.9 Å². The number of aliphatic imine (C=N–C) groups is 1. The van der Waals surface area contributed by atoms with Crippen LogP contribution >= 0.6 is 15.9 Å². The first-order valence-corrected chi connectivity index (χ1v) is 10.9. The summed E-state index contributed by atoms with van der Waals surface area (Å²) >= 11 is 3.55. The highest BCUT2D eigenvalue weighted by molar-refractivity contribution is 9.10. The van der Waals surface area contributed by atoms with Crippen LogP contribution in [0.2, 0.25) is 0 Å². The second kappa shape index (κ2) is 8.89. The molecule has 0 radical (unpaired) electrons. The molecule has 0 unspecified atom stereocenters. The van der Waals surface area contributed by atoms with Gasteiger partial charge in [-0.05, 0) is 77.2 Å². The number of rotatable bonds is 6. The van der Waals surface area contributed by atoms with Gasteiger partial charge in [-0.25, -0.2) is 9.50 Å². The van der Waals surface area contributed by atoms with Gasteiger partial charge < -0.3 is 10.1 Å². The number of benzene rings is 2. The van der Waals surface area contributed by atoms with Crippen LogP contribution in [0.4, 0.5) is 17.2 Å². The molecule has 2 heterocycles. The first kappa shape index (κ1) is 21.1. The van der Waals surface area contributed by atoms with Crippen LogP contribution < -0.4 is 10.1 Å². The standard InChI is InChI=1S/C24H24BrN5O/c1-15(2)13-26-21-12-19(7-5-16(21)3)31-22-8-6-18(11-17(22)4)29-24-23-20(25)9-10-30(23)28-14-27-24/h5-15H,1-4H3,(H,27,28,29). The molecule has 0 aliphatic heterocycles. The lowest BCUT2D eigenvalue weighted by Gasteiger charge is -2.13. The van der Waals surface area contributed by atoms with E-state index in [-0.39, 0.29) is 0 Å². The minimum absolute atomic E-state index is 0.398. The van der Waals surface area contributed by atoms with Crippen molar-refractivity contribution in [1.82, 2.24) is 14.6 Å². The predicted molar refractivity (Wildman–Crippen MR) is 129 cm³/mol. The van der Waals surface area contributed by atoms with Crippen molar-refractivity contribution in [3.63, 3.8) is 0 Å². The second-order valence-electron chi connectivity index (χ2n) is 7.74. The van der Waals surface area contributed by atoms with Crippen molar-refractivity contribution in [2.45, 2.75) is 27.7 Å². The van der Waals surface area contributed by atoms with E-state index in [2.05, 4.69) is 57.1 Å². The van der Waals surface area contributed by atoms with Crippen LogP contribution in [0, 0.1) is 19.8 Å². The van der Waals surface area contributed by atoms with Gasteiger partial charge in [0.15, 0.2) is 5.82 Å². The molecule has 0 spiro atoms. The van der Waals surface area contributed by atoms with Crippen LogP contribution in [0.1, 0.15) is 25.0 Å². The maximum Gasteiger partial charge on any atom is 0.159 e. The van der Waals surface area contributed by atoms with Gasteiger partial charge >= 0.3 is 0 Å². The number of nitrogens with one attached hydrogen (secondary N) is 1. The van der Waals surface area contributed by atoms with E-state index in [1.807, 2.05) is 61.8 Å². The number of hydrogen-bond donors (Lipinski definition) is 1. The molecule has 0 aliphatic rings. The van der Waals surface area contributed by atoms with Crippen molar-refractivity contribution in [3.8, 4) is 11.5 Å². The summed E-state index contributed by atoms with van der Waals surface area (Å²) in [6.45, 7) is 8.30. The summed E-state index contributed by atoms with van der Waals surface area (Å²) in [5.74, 6) is 2.69. The number of ether oxygens (including phenoxy) is 1. The van der Waals surface area contributed by atoms with E-state index in [0.717, 1.165) is 49.8 Å². The Morgan fingerprint density at radius 2 is 1.94 bits per heavy atom. The second-order valence-corrected chi connectivity index (χ2v) is 8.60. The van der Waals surface area contributed by atoms with Gasteiger partial charge in [0.1, 0.15) is 23.3 Å². The first-order valence-electron chi connectivity index (χ1n) is 10.1. The first-order chi connectivity index (χ1) is 14.9. The molecule has 2 aromatic heterocycles. The van der Waals surface area contributed by atoms with Crippen LogP contribution in [0.3, 0.4) is 0 Å².